The first-order valence-corrected chi connectivity index (χ1v) is 16.2. The van der Waals surface area contributed by atoms with Crippen LogP contribution in [0.2, 0.25) is 0 Å². The van der Waals surface area contributed by atoms with E-state index < -0.39 is 0 Å². The van der Waals surface area contributed by atoms with Gasteiger partial charge in [-0.3, -0.25) is 0 Å². The molecule has 2 aliphatic rings. The van der Waals surface area contributed by atoms with Gasteiger partial charge in [0.25, 0.3) is 0 Å². The van der Waals surface area contributed by atoms with Crippen molar-refractivity contribution in [1.82, 2.24) is 15.0 Å². The van der Waals surface area contributed by atoms with Crippen LogP contribution in [0.1, 0.15) is 50.9 Å². The van der Waals surface area contributed by atoms with Gasteiger partial charge in [-0.15, -0.1) is 22.8 Å². The third-order valence-electron chi connectivity index (χ3n) is 9.12. The molecule has 0 spiro atoms. The molecular formula is C44H30FeN4. The zero-order valence-electron chi connectivity index (χ0n) is 26.4. The van der Waals surface area contributed by atoms with Gasteiger partial charge in [-0.05, 0) is 63.6 Å². The van der Waals surface area contributed by atoms with Crippen molar-refractivity contribution in [3.05, 3.63) is 231 Å². The van der Waals surface area contributed by atoms with E-state index in [0.717, 1.165) is 83.9 Å². The Morgan fingerprint density at radius 1 is 0.449 bits per heavy atom. The minimum Gasteiger partial charge on any atom is -0.660 e. The predicted octanol–water partition coefficient (Wildman–Crippen LogP) is 7.34. The van der Waals surface area contributed by atoms with Crippen molar-refractivity contribution in [2.45, 2.75) is 5.92 Å². The Kier molecular flexibility index (Phi) is 8.06. The quantitative estimate of drug-likeness (QED) is 0.200. The summed E-state index contributed by atoms with van der Waals surface area (Å²) >= 11 is 0. The van der Waals surface area contributed by atoms with Gasteiger partial charge in [0, 0.05) is 16.3 Å². The summed E-state index contributed by atoms with van der Waals surface area (Å²) in [6.07, 6.45) is 4.25. The number of fused-ring (bicyclic) bond motifs is 7. The number of aliphatic imine (C=N–C) groups is 1. The summed E-state index contributed by atoms with van der Waals surface area (Å²) in [6.45, 7) is 0. The van der Waals surface area contributed by atoms with E-state index in [9.17, 15) is 0 Å². The number of benzene rings is 4. The second-order valence-electron chi connectivity index (χ2n) is 12.1. The van der Waals surface area contributed by atoms with Crippen LogP contribution in [0.5, 0.6) is 0 Å². The maximum absolute atomic E-state index is 5.37. The predicted molar refractivity (Wildman–Crippen MR) is 193 cm³/mol. The summed E-state index contributed by atoms with van der Waals surface area (Å²) in [5.74, 6) is -0.143. The number of hydrogen-bond donors (Lipinski definition) is 1. The van der Waals surface area contributed by atoms with Gasteiger partial charge < -0.3 is 15.0 Å². The van der Waals surface area contributed by atoms with E-state index in [1.807, 2.05) is 18.2 Å². The number of rotatable bonds is 4. The molecule has 5 heterocycles. The van der Waals surface area contributed by atoms with E-state index in [1.165, 1.54) is 0 Å². The summed E-state index contributed by atoms with van der Waals surface area (Å²) in [5.41, 5.74) is 13.0. The molecule has 0 amide bonds. The van der Waals surface area contributed by atoms with Gasteiger partial charge in [-0.1, -0.05) is 146 Å². The molecule has 0 aliphatic carbocycles. The molecule has 234 valence electrons. The van der Waals surface area contributed by atoms with Crippen LogP contribution in [0, 0.1) is 0 Å². The van der Waals surface area contributed by atoms with Crippen LogP contribution in [-0.2, 0) is 17.1 Å². The van der Waals surface area contributed by atoms with E-state index in [1.54, 1.807) is 0 Å². The Balaban J connectivity index is 0.00000348. The first-order chi connectivity index (χ1) is 23.8. The monoisotopic (exact) mass is 670 g/mol. The van der Waals surface area contributed by atoms with E-state index in [2.05, 4.69) is 157 Å². The molecule has 1 N–H and O–H groups in total. The molecule has 8 bridgehead atoms. The van der Waals surface area contributed by atoms with E-state index in [4.69, 9.17) is 15.0 Å². The molecule has 0 fully saturated rings. The van der Waals surface area contributed by atoms with Gasteiger partial charge in [0.15, 0.2) is 0 Å². The summed E-state index contributed by atoms with van der Waals surface area (Å²) in [6, 6.07) is 54.9. The van der Waals surface area contributed by atoms with Crippen LogP contribution in [0.4, 0.5) is 0 Å². The molecule has 1 unspecified atom stereocenters. The van der Waals surface area contributed by atoms with Crippen molar-refractivity contribution >= 4 is 22.4 Å². The maximum Gasteiger partial charge on any atom is 2.00 e. The molecule has 1 atom stereocenters. The van der Waals surface area contributed by atoms with Crippen LogP contribution in [-0.4, -0.2) is 10.7 Å². The van der Waals surface area contributed by atoms with E-state index in [0.29, 0.717) is 0 Å². The fourth-order valence-electron chi connectivity index (χ4n) is 6.95. The van der Waals surface area contributed by atoms with Crippen molar-refractivity contribution in [3.63, 3.8) is 0 Å². The maximum atomic E-state index is 5.37. The molecule has 49 heavy (non-hydrogen) atoms. The molecule has 9 rings (SSSR count). The van der Waals surface area contributed by atoms with Gasteiger partial charge in [0.05, 0.1) is 11.4 Å². The number of nitrogens with one attached hydrogen (secondary N) is 1. The third kappa shape index (κ3) is 5.59. The number of aromatic nitrogens is 3. The van der Waals surface area contributed by atoms with E-state index >= 15 is 0 Å². The molecule has 0 saturated heterocycles. The largest absolute Gasteiger partial charge is 2.00 e. The van der Waals surface area contributed by atoms with Gasteiger partial charge in [0.1, 0.15) is 0 Å². The van der Waals surface area contributed by atoms with Crippen molar-refractivity contribution in [2.24, 2.45) is 4.99 Å². The van der Waals surface area contributed by atoms with Crippen LogP contribution in [0.25, 0.3) is 16.7 Å². The fourth-order valence-corrected chi connectivity index (χ4v) is 6.95. The molecule has 4 aromatic carbocycles. The van der Waals surface area contributed by atoms with Gasteiger partial charge >= 0.3 is 17.1 Å². The number of hydrogen-bond acceptors (Lipinski definition) is 1. The Hall–Kier alpha value is -5.87. The van der Waals surface area contributed by atoms with Gasteiger partial charge in [0.2, 0.25) is 0 Å². The first-order valence-electron chi connectivity index (χ1n) is 16.2. The Labute approximate surface area is 295 Å². The Morgan fingerprint density at radius 2 is 0.918 bits per heavy atom. The zero-order valence-corrected chi connectivity index (χ0v) is 27.5. The average molecular weight is 671 g/mol. The van der Waals surface area contributed by atoms with Crippen molar-refractivity contribution in [2.75, 3.05) is 0 Å². The molecule has 3 aromatic heterocycles. The topological polar surface area (TPSA) is 56.4 Å². The van der Waals surface area contributed by atoms with Gasteiger partial charge in [-0.25, -0.2) is 4.99 Å². The Morgan fingerprint density at radius 3 is 1.49 bits per heavy atom. The minimum atomic E-state index is -0.143. The van der Waals surface area contributed by atoms with Crippen LogP contribution < -0.4 is 20.7 Å². The van der Waals surface area contributed by atoms with Crippen LogP contribution in [0.15, 0.2) is 181 Å². The van der Waals surface area contributed by atoms with E-state index in [-0.39, 0.29) is 23.0 Å². The summed E-state index contributed by atoms with van der Waals surface area (Å²) in [5, 5.41) is 1.99. The molecule has 0 saturated carbocycles. The standard InChI is InChI=1S/C44H30N4.Fe/c1-5-13-29(14-6-1)41-33-21-23-35(45-33)42(30-15-7-2-8-16-30)37-25-27-39(47-37)44(32-19-11-4-12-20-32)40-28-26-38(48-40)43(31-17-9-3-10-18-31)36-24-22-34(41)46-36;/h1-28,41,47H;/q-2;+2. The fraction of sp³-hybridized carbons (Fsp3) is 0.0227. The molecule has 2 aliphatic heterocycles. The van der Waals surface area contributed by atoms with Crippen LogP contribution >= 0.6 is 0 Å². The molecule has 0 radical (unpaired) electrons. The number of allylic oxidation sites excluding steroid dienone is 2. The zero-order chi connectivity index (χ0) is 31.9. The Bertz CT molecular complexity index is 2480. The normalized spacial score (nSPS) is 15.3. The van der Waals surface area contributed by atoms with Crippen molar-refractivity contribution in [3.8, 4) is 0 Å². The van der Waals surface area contributed by atoms with Gasteiger partial charge in [-0.2, -0.15) is 0 Å². The molecule has 4 nitrogen and oxygen atoms in total. The summed E-state index contributed by atoms with van der Waals surface area (Å²) in [4.78, 5) is 19.9. The summed E-state index contributed by atoms with van der Waals surface area (Å²) in [7, 11) is 0. The molecule has 5 heteroatoms. The second-order valence-corrected chi connectivity index (χ2v) is 12.1. The molecule has 7 aromatic rings. The van der Waals surface area contributed by atoms with Crippen molar-refractivity contribution < 1.29 is 17.1 Å². The minimum absolute atomic E-state index is 0. The number of aromatic amines is 1. The average Bonchev–Trinajstić information content (AvgIpc) is 3.98. The van der Waals surface area contributed by atoms with Crippen LogP contribution in [0.3, 0.4) is 0 Å². The number of nitrogens with zero attached hydrogens (tertiary/aromatic N) is 3. The number of H-pyrrole nitrogens is 1. The smallest absolute Gasteiger partial charge is 0.660 e. The van der Waals surface area contributed by atoms with Crippen molar-refractivity contribution in [1.29, 1.82) is 0 Å². The summed E-state index contributed by atoms with van der Waals surface area (Å²) < 4.78 is 0. The first kappa shape index (κ1) is 30.5. The molecular weight excluding hydrogens is 640 g/mol. The third-order valence-corrected chi connectivity index (χ3v) is 9.12. The second kappa shape index (κ2) is 13.0. The SMILES string of the molecule is C1=CC2=C(c3ccccc3)c3ccc([n-]3)C(c3ccccc3)c3ccc([n-]3)C(c3ccccc3)=c3ccc([nH]3)=C(c3ccccc3)C1=N2.[Fe+2].